The molecular formula is C18H24F2N4O3. The van der Waals surface area contributed by atoms with Crippen LogP contribution in [0.25, 0.3) is 5.52 Å². The molecule has 1 aliphatic heterocycles. The van der Waals surface area contributed by atoms with E-state index in [1.807, 2.05) is 0 Å². The Balaban J connectivity index is 1.90. The monoisotopic (exact) mass is 382 g/mol. The molecule has 1 aliphatic rings. The van der Waals surface area contributed by atoms with Crippen molar-refractivity contribution in [3.63, 3.8) is 0 Å². The van der Waals surface area contributed by atoms with E-state index in [4.69, 9.17) is 9.47 Å². The van der Waals surface area contributed by atoms with Gasteiger partial charge < -0.3 is 14.8 Å². The molecule has 148 valence electrons. The number of hydrogen-bond acceptors (Lipinski definition) is 6. The third kappa shape index (κ3) is 4.18. The number of aromatic nitrogens is 3. The predicted molar refractivity (Wildman–Crippen MR) is 94.9 cm³/mol. The second kappa shape index (κ2) is 7.38. The number of nitrogens with zero attached hydrogens (tertiary/aromatic N) is 3. The van der Waals surface area contributed by atoms with Crippen molar-refractivity contribution in [2.75, 3.05) is 18.5 Å². The number of carbonyl (C=O) groups excluding carboxylic acids is 1. The first-order chi connectivity index (χ1) is 12.7. The topological polar surface area (TPSA) is 77.8 Å². The third-order valence-corrected chi connectivity index (χ3v) is 4.91. The van der Waals surface area contributed by atoms with Crippen molar-refractivity contribution in [3.8, 4) is 0 Å². The molecule has 7 nitrogen and oxygen atoms in total. The van der Waals surface area contributed by atoms with Gasteiger partial charge in [0.15, 0.2) is 5.82 Å². The number of alkyl halides is 1. The highest BCUT2D eigenvalue weighted by atomic mass is 19.1. The number of fused-ring (bicyclic) bond motifs is 1. The first-order valence-electron chi connectivity index (χ1n) is 8.91. The average Bonchev–Trinajstić information content (AvgIpc) is 2.91. The van der Waals surface area contributed by atoms with Crippen molar-refractivity contribution in [1.82, 2.24) is 14.6 Å². The summed E-state index contributed by atoms with van der Waals surface area (Å²) < 4.78 is 40.6. The minimum atomic E-state index is -1.54. The minimum absolute atomic E-state index is 0.176. The van der Waals surface area contributed by atoms with Crippen molar-refractivity contribution in [2.24, 2.45) is 0 Å². The van der Waals surface area contributed by atoms with Crippen molar-refractivity contribution < 1.29 is 23.0 Å². The number of esters is 1. The summed E-state index contributed by atoms with van der Waals surface area (Å²) >= 11 is 0. The number of halogens is 2. The zero-order valence-corrected chi connectivity index (χ0v) is 15.8. The first kappa shape index (κ1) is 19.5. The van der Waals surface area contributed by atoms with E-state index in [9.17, 15) is 13.6 Å². The van der Waals surface area contributed by atoms with Crippen molar-refractivity contribution >= 4 is 17.4 Å². The fraction of sp³-hybridized carbons (Fsp3) is 0.611. The SMILES string of the molecule is CC(=O)OC1COCCC1Nc1ncc2c(F)cc(C(C)C(C)(C)F)n2n1. The van der Waals surface area contributed by atoms with Crippen LogP contribution in [0.2, 0.25) is 0 Å². The summed E-state index contributed by atoms with van der Waals surface area (Å²) in [5, 5.41) is 7.47. The minimum Gasteiger partial charge on any atom is -0.458 e. The van der Waals surface area contributed by atoms with Gasteiger partial charge in [-0.15, -0.1) is 5.10 Å². The zero-order valence-electron chi connectivity index (χ0n) is 15.8. The molecule has 0 bridgehead atoms. The highest BCUT2D eigenvalue weighted by Gasteiger charge is 2.31. The average molecular weight is 382 g/mol. The van der Waals surface area contributed by atoms with Gasteiger partial charge >= 0.3 is 5.97 Å². The van der Waals surface area contributed by atoms with Crippen LogP contribution in [0.1, 0.15) is 45.7 Å². The van der Waals surface area contributed by atoms with Gasteiger partial charge in [-0.2, -0.15) is 0 Å². The van der Waals surface area contributed by atoms with Gasteiger partial charge in [0.25, 0.3) is 0 Å². The van der Waals surface area contributed by atoms with Crippen LogP contribution in [0.5, 0.6) is 0 Å². The lowest BCUT2D eigenvalue weighted by Gasteiger charge is -2.31. The van der Waals surface area contributed by atoms with Crippen molar-refractivity contribution in [2.45, 2.75) is 57.8 Å². The Bertz CT molecular complexity index is 834. The summed E-state index contributed by atoms with van der Waals surface area (Å²) in [5.74, 6) is -1.24. The summed E-state index contributed by atoms with van der Waals surface area (Å²) in [6.07, 6.45) is 1.48. The van der Waals surface area contributed by atoms with Crippen LogP contribution in [0.15, 0.2) is 12.3 Å². The highest BCUT2D eigenvalue weighted by Crippen LogP contribution is 2.32. The lowest BCUT2D eigenvalue weighted by atomic mass is 9.92. The van der Waals surface area contributed by atoms with Gasteiger partial charge in [-0.05, 0) is 26.3 Å². The molecule has 9 heteroatoms. The Kier molecular flexibility index (Phi) is 5.32. The summed E-state index contributed by atoms with van der Waals surface area (Å²) in [6.45, 7) is 6.70. The first-order valence-corrected chi connectivity index (χ1v) is 8.91. The summed E-state index contributed by atoms with van der Waals surface area (Å²) in [7, 11) is 0. The van der Waals surface area contributed by atoms with Gasteiger partial charge in [0.05, 0.1) is 24.5 Å². The standard InChI is InChI=1S/C18H24F2N4O3/c1-10(18(3,4)20)14-7-12(19)15-8-21-17(23-24(14)15)22-13-5-6-26-9-16(13)27-11(2)25/h7-8,10,13,16H,5-6,9H2,1-4H3,(H,22,23). The molecule has 0 aromatic carbocycles. The maximum Gasteiger partial charge on any atom is 0.303 e. The normalized spacial score (nSPS) is 21.9. The van der Waals surface area contributed by atoms with Crippen molar-refractivity contribution in [1.29, 1.82) is 0 Å². The van der Waals surface area contributed by atoms with E-state index in [2.05, 4.69) is 15.4 Å². The second-order valence-corrected chi connectivity index (χ2v) is 7.34. The maximum atomic E-state index is 14.4. The molecule has 3 atom stereocenters. The molecule has 3 unspecified atom stereocenters. The largest absolute Gasteiger partial charge is 0.458 e. The molecule has 0 amide bonds. The van der Waals surface area contributed by atoms with Gasteiger partial charge in [-0.25, -0.2) is 18.3 Å². The third-order valence-electron chi connectivity index (χ3n) is 4.91. The van der Waals surface area contributed by atoms with Gasteiger partial charge in [0.2, 0.25) is 5.95 Å². The van der Waals surface area contributed by atoms with Crippen LogP contribution in [0.4, 0.5) is 14.7 Å². The van der Waals surface area contributed by atoms with E-state index in [1.165, 1.54) is 37.5 Å². The van der Waals surface area contributed by atoms with Crippen LogP contribution >= 0.6 is 0 Å². The lowest BCUT2D eigenvalue weighted by molar-refractivity contribution is -0.153. The van der Waals surface area contributed by atoms with Gasteiger partial charge in [-0.1, -0.05) is 6.92 Å². The lowest BCUT2D eigenvalue weighted by Crippen LogP contribution is -2.44. The van der Waals surface area contributed by atoms with Crippen LogP contribution < -0.4 is 5.32 Å². The molecule has 0 spiro atoms. The summed E-state index contributed by atoms with van der Waals surface area (Å²) in [4.78, 5) is 15.4. The van der Waals surface area contributed by atoms with Crippen LogP contribution in [-0.4, -0.2) is 51.6 Å². The van der Waals surface area contributed by atoms with E-state index >= 15 is 0 Å². The number of hydrogen-bond donors (Lipinski definition) is 1. The van der Waals surface area contributed by atoms with E-state index in [0.717, 1.165) is 0 Å². The molecule has 2 aromatic heterocycles. The zero-order chi connectivity index (χ0) is 19.8. The van der Waals surface area contributed by atoms with Crippen LogP contribution in [-0.2, 0) is 14.3 Å². The molecule has 3 rings (SSSR count). The van der Waals surface area contributed by atoms with E-state index in [0.29, 0.717) is 18.7 Å². The smallest absolute Gasteiger partial charge is 0.303 e. The Morgan fingerprint density at radius 3 is 2.93 bits per heavy atom. The fourth-order valence-electron chi connectivity index (χ4n) is 3.07. The fourth-order valence-corrected chi connectivity index (χ4v) is 3.07. The molecule has 3 heterocycles. The number of anilines is 1. The molecule has 1 saturated heterocycles. The van der Waals surface area contributed by atoms with E-state index < -0.39 is 29.5 Å². The number of rotatable bonds is 5. The Labute approximate surface area is 156 Å². The molecule has 2 aromatic rings. The van der Waals surface area contributed by atoms with Gasteiger partial charge in [-0.3, -0.25) is 4.79 Å². The Hall–Kier alpha value is -2.29. The molecule has 1 fully saturated rings. The van der Waals surface area contributed by atoms with Gasteiger partial charge in [0.1, 0.15) is 17.3 Å². The number of carbonyl (C=O) groups is 1. The Morgan fingerprint density at radius 2 is 2.26 bits per heavy atom. The number of nitrogens with one attached hydrogen (secondary N) is 1. The van der Waals surface area contributed by atoms with Crippen molar-refractivity contribution in [3.05, 3.63) is 23.8 Å². The van der Waals surface area contributed by atoms with E-state index in [1.54, 1.807) is 6.92 Å². The molecule has 27 heavy (non-hydrogen) atoms. The van der Waals surface area contributed by atoms with Gasteiger partial charge in [0, 0.05) is 19.4 Å². The maximum absolute atomic E-state index is 14.4. The molecular weight excluding hydrogens is 358 g/mol. The molecule has 0 aliphatic carbocycles. The quantitative estimate of drug-likeness (QED) is 0.802. The molecule has 0 saturated carbocycles. The molecule has 0 radical (unpaired) electrons. The molecule has 1 N–H and O–H groups in total. The highest BCUT2D eigenvalue weighted by molar-refractivity contribution is 5.66. The predicted octanol–water partition coefficient (Wildman–Crippen LogP) is 2.85. The number of ether oxygens (including phenoxy) is 2. The van der Waals surface area contributed by atoms with E-state index in [-0.39, 0.29) is 24.1 Å². The Morgan fingerprint density at radius 1 is 1.52 bits per heavy atom. The summed E-state index contributed by atoms with van der Waals surface area (Å²) in [5.41, 5.74) is -0.945. The second-order valence-electron chi connectivity index (χ2n) is 7.34. The summed E-state index contributed by atoms with van der Waals surface area (Å²) in [6, 6.07) is 1.05. The van der Waals surface area contributed by atoms with Crippen LogP contribution in [0, 0.1) is 5.82 Å². The van der Waals surface area contributed by atoms with Crippen LogP contribution in [0.3, 0.4) is 0 Å².